The summed E-state index contributed by atoms with van der Waals surface area (Å²) in [5, 5.41) is 12.2. The fourth-order valence-electron chi connectivity index (χ4n) is 5.46. The summed E-state index contributed by atoms with van der Waals surface area (Å²) in [6, 6.07) is 16.2. The topological polar surface area (TPSA) is 62.1 Å². The van der Waals surface area contributed by atoms with Crippen molar-refractivity contribution in [3.63, 3.8) is 0 Å². The molecule has 2 fully saturated rings. The molecule has 7 nitrogen and oxygen atoms in total. The van der Waals surface area contributed by atoms with Crippen LogP contribution in [0.25, 0.3) is 33.0 Å². The molecule has 0 unspecified atom stereocenters. The summed E-state index contributed by atoms with van der Waals surface area (Å²) in [5.74, 6) is 0.488. The number of anilines is 3. The van der Waals surface area contributed by atoms with E-state index in [0.29, 0.717) is 11.2 Å². The van der Waals surface area contributed by atoms with Gasteiger partial charge in [0.05, 0.1) is 28.0 Å². The normalized spacial score (nSPS) is 16.4. The van der Waals surface area contributed by atoms with E-state index in [4.69, 9.17) is 4.98 Å². The first kappa shape index (κ1) is 26.8. The third kappa shape index (κ3) is 5.09. The van der Waals surface area contributed by atoms with E-state index in [0.717, 1.165) is 90.2 Å². The summed E-state index contributed by atoms with van der Waals surface area (Å²) in [7, 11) is 2.10. The smallest absolute Gasteiger partial charge is 0.367 e. The lowest BCUT2D eigenvalue weighted by atomic mass is 10.1. The molecule has 1 aliphatic heterocycles. The van der Waals surface area contributed by atoms with Crippen molar-refractivity contribution in [1.82, 2.24) is 24.6 Å². The highest BCUT2D eigenvalue weighted by atomic mass is 32.1. The van der Waals surface area contributed by atoms with Gasteiger partial charge in [-0.15, -0.1) is 10.2 Å². The van der Waals surface area contributed by atoms with Gasteiger partial charge in [-0.25, -0.2) is 9.37 Å². The van der Waals surface area contributed by atoms with Crippen LogP contribution in [-0.4, -0.2) is 57.9 Å². The number of piperazine rings is 1. The minimum Gasteiger partial charge on any atom is -0.367 e. The van der Waals surface area contributed by atoms with Crippen molar-refractivity contribution in [1.29, 1.82) is 0 Å². The van der Waals surface area contributed by atoms with Crippen molar-refractivity contribution in [2.75, 3.05) is 43.4 Å². The Morgan fingerprint density at radius 3 is 2.38 bits per heavy atom. The Labute approximate surface area is 243 Å². The van der Waals surface area contributed by atoms with Crippen LogP contribution in [0.2, 0.25) is 0 Å². The van der Waals surface area contributed by atoms with Crippen LogP contribution in [0, 0.1) is 5.82 Å². The quantitative estimate of drug-likeness (QED) is 0.210. The van der Waals surface area contributed by atoms with Gasteiger partial charge in [0.25, 0.3) is 0 Å². The van der Waals surface area contributed by atoms with E-state index < -0.39 is 11.7 Å². The maximum absolute atomic E-state index is 13.7. The molecule has 5 aromatic rings. The van der Waals surface area contributed by atoms with Gasteiger partial charge in [-0.05, 0) is 62.4 Å². The van der Waals surface area contributed by atoms with Crippen LogP contribution >= 0.6 is 11.3 Å². The second-order valence-corrected chi connectivity index (χ2v) is 11.8. The number of nitrogens with zero attached hydrogens (tertiary/aromatic N) is 6. The Kier molecular flexibility index (Phi) is 6.62. The number of likely N-dealkylation sites (N-methyl/N-ethyl adjacent to an activating group) is 1. The molecule has 1 aliphatic carbocycles. The highest BCUT2D eigenvalue weighted by molar-refractivity contribution is 7.18. The maximum atomic E-state index is 13.7. The third-order valence-corrected chi connectivity index (χ3v) is 8.67. The van der Waals surface area contributed by atoms with Crippen molar-refractivity contribution < 1.29 is 17.6 Å². The highest BCUT2D eigenvalue weighted by Crippen LogP contribution is 2.44. The number of hydrogen-bond donors (Lipinski definition) is 1. The fraction of sp³-hybridized carbons (Fsp3) is 0.300. The number of rotatable bonds is 6. The maximum Gasteiger partial charge on any atom is 0.417 e. The molecule has 0 amide bonds. The third-order valence-electron chi connectivity index (χ3n) is 7.79. The summed E-state index contributed by atoms with van der Waals surface area (Å²) >= 11 is 1.07. The molecule has 2 aliphatic rings. The number of benzene rings is 3. The minimum atomic E-state index is -4.50. The second kappa shape index (κ2) is 10.4. The van der Waals surface area contributed by atoms with E-state index in [1.807, 2.05) is 6.07 Å². The number of halogens is 4. The van der Waals surface area contributed by atoms with Crippen LogP contribution in [0.15, 0.2) is 60.7 Å². The van der Waals surface area contributed by atoms with Crippen LogP contribution in [-0.2, 0) is 6.18 Å². The zero-order valence-corrected chi connectivity index (χ0v) is 23.5. The zero-order chi connectivity index (χ0) is 29.0. The molecule has 1 N–H and O–H groups in total. The molecule has 3 heterocycles. The number of nitrogens with one attached hydrogen (secondary N) is 1. The Balaban J connectivity index is 1.31. The molecule has 1 saturated heterocycles. The lowest BCUT2D eigenvalue weighted by molar-refractivity contribution is -0.137. The zero-order valence-electron chi connectivity index (χ0n) is 22.7. The molecule has 7 rings (SSSR count). The molecule has 0 bridgehead atoms. The summed E-state index contributed by atoms with van der Waals surface area (Å²) < 4.78 is 57.0. The largest absolute Gasteiger partial charge is 0.417 e. The van der Waals surface area contributed by atoms with Gasteiger partial charge >= 0.3 is 6.18 Å². The van der Waals surface area contributed by atoms with E-state index in [1.165, 1.54) is 24.3 Å². The van der Waals surface area contributed by atoms with Crippen LogP contribution in [0.3, 0.4) is 0 Å². The summed E-state index contributed by atoms with van der Waals surface area (Å²) in [6.07, 6.45) is -2.40. The summed E-state index contributed by atoms with van der Waals surface area (Å²) in [4.78, 5) is 9.57. The van der Waals surface area contributed by atoms with Gasteiger partial charge in [0.15, 0.2) is 0 Å². The number of aromatic nitrogens is 4. The second-order valence-electron chi connectivity index (χ2n) is 10.8. The first-order valence-corrected chi connectivity index (χ1v) is 14.6. The predicted octanol–water partition coefficient (Wildman–Crippen LogP) is 7.21. The Hall–Kier alpha value is -4.03. The number of fused-ring (bicyclic) bond motifs is 1. The van der Waals surface area contributed by atoms with E-state index in [1.54, 1.807) is 18.2 Å². The van der Waals surface area contributed by atoms with Gasteiger partial charge in [-0.3, -0.25) is 0 Å². The van der Waals surface area contributed by atoms with Gasteiger partial charge in [-0.1, -0.05) is 29.5 Å². The number of imidazole rings is 1. The van der Waals surface area contributed by atoms with Crippen LogP contribution < -0.4 is 10.2 Å². The molecule has 2 aromatic heterocycles. The van der Waals surface area contributed by atoms with Gasteiger partial charge in [0.1, 0.15) is 16.6 Å². The van der Waals surface area contributed by atoms with E-state index in [-0.39, 0.29) is 16.4 Å². The van der Waals surface area contributed by atoms with Crippen molar-refractivity contribution in [3.05, 3.63) is 72.0 Å². The predicted molar refractivity (Wildman–Crippen MR) is 157 cm³/mol. The van der Waals surface area contributed by atoms with Crippen molar-refractivity contribution in [3.8, 4) is 22.0 Å². The average molecular weight is 594 g/mol. The summed E-state index contributed by atoms with van der Waals surface area (Å²) in [6.45, 7) is 3.44. The molecule has 0 radical (unpaired) electrons. The average Bonchev–Trinajstić information content (AvgIpc) is 3.59. The molecular weight excluding hydrogens is 566 g/mol. The molecule has 3 aromatic carbocycles. The Bertz CT molecular complexity index is 1750. The molecule has 1 saturated carbocycles. The van der Waals surface area contributed by atoms with Gasteiger partial charge in [0.2, 0.25) is 5.13 Å². The van der Waals surface area contributed by atoms with Gasteiger partial charge < -0.3 is 19.7 Å². The molecule has 42 heavy (non-hydrogen) atoms. The standard InChI is InChI=1S/C30H27F4N7S/c1-39-12-14-40(15-13-39)25-17-26-24(35-27(41(26)20-10-11-20)18-6-8-19(31)9-7-18)16-23(25)36-29-38-37-28(42-29)21-4-2-3-5-22(21)30(32,33)34/h2-9,16-17,20H,10-15H2,1H3,(H,36,38). The fourth-order valence-corrected chi connectivity index (χ4v) is 6.25. The molecular formula is C30H27F4N7S. The monoisotopic (exact) mass is 593 g/mol. The van der Waals surface area contributed by atoms with Crippen molar-refractivity contribution in [2.24, 2.45) is 0 Å². The SMILES string of the molecule is CN1CCN(c2cc3c(cc2Nc2nnc(-c4ccccc4C(F)(F)F)s2)nc(-c2ccc(F)cc2)n3C2CC2)CC1. The molecule has 0 spiro atoms. The number of alkyl halides is 3. The van der Waals surface area contributed by atoms with Crippen LogP contribution in [0.4, 0.5) is 34.1 Å². The first-order valence-electron chi connectivity index (χ1n) is 13.8. The van der Waals surface area contributed by atoms with Gasteiger partial charge in [-0.2, -0.15) is 13.2 Å². The minimum absolute atomic E-state index is 0.00240. The van der Waals surface area contributed by atoms with E-state index in [9.17, 15) is 17.6 Å². The molecule has 12 heteroatoms. The first-order chi connectivity index (χ1) is 20.2. The van der Waals surface area contributed by atoms with Crippen molar-refractivity contribution in [2.45, 2.75) is 25.1 Å². The van der Waals surface area contributed by atoms with Crippen LogP contribution in [0.5, 0.6) is 0 Å². The van der Waals surface area contributed by atoms with Crippen LogP contribution in [0.1, 0.15) is 24.4 Å². The lowest BCUT2D eigenvalue weighted by Gasteiger charge is -2.35. The van der Waals surface area contributed by atoms with Crippen molar-refractivity contribution >= 4 is 38.9 Å². The Morgan fingerprint density at radius 2 is 1.67 bits per heavy atom. The summed E-state index contributed by atoms with van der Waals surface area (Å²) in [5.41, 5.74) is 3.58. The van der Waals surface area contributed by atoms with Gasteiger partial charge in [0, 0.05) is 43.3 Å². The highest BCUT2D eigenvalue weighted by Gasteiger charge is 2.34. The number of hydrogen-bond acceptors (Lipinski definition) is 7. The molecule has 216 valence electrons. The Morgan fingerprint density at radius 1 is 0.929 bits per heavy atom. The molecule has 0 atom stereocenters. The lowest BCUT2D eigenvalue weighted by Crippen LogP contribution is -2.44. The van der Waals surface area contributed by atoms with E-state index in [2.05, 4.69) is 43.0 Å². The van der Waals surface area contributed by atoms with E-state index >= 15 is 0 Å².